The monoisotopic (exact) mass is 358 g/mol. The van der Waals surface area contributed by atoms with E-state index in [1.54, 1.807) is 23.5 Å². The minimum absolute atomic E-state index is 0.178. The van der Waals surface area contributed by atoms with Crippen molar-refractivity contribution in [2.24, 2.45) is 11.3 Å². The van der Waals surface area contributed by atoms with E-state index in [1.165, 1.54) is 7.11 Å². The van der Waals surface area contributed by atoms with Crippen molar-refractivity contribution in [3.05, 3.63) is 0 Å². The van der Waals surface area contributed by atoms with Gasteiger partial charge in [0.1, 0.15) is 12.1 Å². The number of carbonyl (C=O) groups is 3. The molecule has 7 heteroatoms. The third kappa shape index (κ3) is 2.85. The highest BCUT2D eigenvalue weighted by Gasteiger charge is 2.63. The van der Waals surface area contributed by atoms with Gasteiger partial charge in [-0.05, 0) is 24.3 Å². The van der Waals surface area contributed by atoms with E-state index in [9.17, 15) is 14.4 Å². The fraction of sp³-hybridized carbons (Fsp3) is 0.812. The molecule has 23 heavy (non-hydrogen) atoms. The van der Waals surface area contributed by atoms with Crippen LogP contribution in [0.4, 0.5) is 0 Å². The van der Waals surface area contributed by atoms with E-state index < -0.39 is 5.41 Å². The summed E-state index contributed by atoms with van der Waals surface area (Å²) in [6.07, 6.45) is 3.42. The van der Waals surface area contributed by atoms with Crippen LogP contribution in [0.25, 0.3) is 0 Å². The number of ether oxygens (including phenoxy) is 2. The zero-order valence-corrected chi connectivity index (χ0v) is 14.9. The fourth-order valence-electron chi connectivity index (χ4n) is 4.08. The molecule has 0 aromatic rings. The highest BCUT2D eigenvalue weighted by molar-refractivity contribution is 8.18. The van der Waals surface area contributed by atoms with Crippen molar-refractivity contribution in [2.75, 3.05) is 25.2 Å². The molecule has 0 bridgehead atoms. The first-order valence-corrected chi connectivity index (χ1v) is 9.98. The molecule has 1 saturated carbocycles. The van der Waals surface area contributed by atoms with E-state index in [-0.39, 0.29) is 27.9 Å². The van der Waals surface area contributed by atoms with Gasteiger partial charge in [0, 0.05) is 25.2 Å². The van der Waals surface area contributed by atoms with E-state index in [2.05, 4.69) is 0 Å². The van der Waals surface area contributed by atoms with Gasteiger partial charge in [-0.3, -0.25) is 9.59 Å². The molecule has 0 unspecified atom stereocenters. The minimum atomic E-state index is -0.720. The topological polar surface area (TPSA) is 69.7 Å². The maximum atomic E-state index is 12.5. The summed E-state index contributed by atoms with van der Waals surface area (Å²) < 4.78 is 10.8. The number of methoxy groups -OCH3 is 1. The lowest BCUT2D eigenvalue weighted by atomic mass is 9.65. The van der Waals surface area contributed by atoms with Crippen LogP contribution in [-0.2, 0) is 23.9 Å². The number of rotatable bonds is 4. The highest BCUT2D eigenvalue weighted by atomic mass is 32.2. The molecule has 0 radical (unpaired) electrons. The maximum Gasteiger partial charge on any atom is 0.314 e. The zero-order valence-electron chi connectivity index (χ0n) is 13.2. The van der Waals surface area contributed by atoms with Crippen molar-refractivity contribution < 1.29 is 23.9 Å². The summed E-state index contributed by atoms with van der Waals surface area (Å²) in [5, 5.41) is 0. The lowest BCUT2D eigenvalue weighted by Gasteiger charge is -2.44. The van der Waals surface area contributed by atoms with Crippen molar-refractivity contribution in [2.45, 2.75) is 42.3 Å². The van der Waals surface area contributed by atoms with Crippen LogP contribution < -0.4 is 0 Å². The molecule has 5 nitrogen and oxygen atoms in total. The lowest BCUT2D eigenvalue weighted by Crippen LogP contribution is -2.50. The average Bonchev–Trinajstić information content (AvgIpc) is 2.95. The molecule has 3 rings (SSSR count). The van der Waals surface area contributed by atoms with Gasteiger partial charge in [-0.1, -0.05) is 0 Å². The first kappa shape index (κ1) is 17.3. The quantitative estimate of drug-likeness (QED) is 0.563. The number of Topliss-reactive ketones (excluding diaryl/α,β-unsaturated/α-hetero) is 1. The summed E-state index contributed by atoms with van der Waals surface area (Å²) in [7, 11) is 1.39. The maximum absolute atomic E-state index is 12.5. The average molecular weight is 358 g/mol. The number of fused-ring (bicyclic) bond motifs is 1. The van der Waals surface area contributed by atoms with Crippen LogP contribution in [-0.4, -0.2) is 53.4 Å². The first-order valence-electron chi connectivity index (χ1n) is 8.01. The van der Waals surface area contributed by atoms with Gasteiger partial charge >= 0.3 is 5.97 Å². The molecule has 3 atom stereocenters. The third-order valence-electron chi connectivity index (χ3n) is 5.27. The normalized spacial score (nSPS) is 36.3. The van der Waals surface area contributed by atoms with Crippen molar-refractivity contribution in [1.29, 1.82) is 0 Å². The van der Waals surface area contributed by atoms with Crippen molar-refractivity contribution in [1.82, 2.24) is 0 Å². The summed E-state index contributed by atoms with van der Waals surface area (Å²) in [5.41, 5.74) is -0.720. The van der Waals surface area contributed by atoms with E-state index in [1.807, 2.05) is 0 Å². The van der Waals surface area contributed by atoms with Crippen LogP contribution in [0.3, 0.4) is 0 Å². The van der Waals surface area contributed by atoms with Gasteiger partial charge in [0.15, 0.2) is 0 Å². The van der Waals surface area contributed by atoms with E-state index >= 15 is 0 Å². The molecule has 0 aromatic carbocycles. The summed E-state index contributed by atoms with van der Waals surface area (Å²) in [5.74, 6) is 1.68. The van der Waals surface area contributed by atoms with Crippen molar-refractivity contribution in [3.8, 4) is 0 Å². The Labute approximate surface area is 144 Å². The van der Waals surface area contributed by atoms with Gasteiger partial charge < -0.3 is 14.3 Å². The molecule has 2 saturated heterocycles. The third-order valence-corrected chi connectivity index (χ3v) is 8.74. The first-order chi connectivity index (χ1) is 11.1. The van der Waals surface area contributed by atoms with Crippen LogP contribution in [0.15, 0.2) is 0 Å². The molecule has 3 aliphatic rings. The molecule has 1 aliphatic carbocycles. The smallest absolute Gasteiger partial charge is 0.314 e. The summed E-state index contributed by atoms with van der Waals surface area (Å²) in [6, 6.07) is 0. The Morgan fingerprint density at radius 3 is 2.83 bits per heavy atom. The van der Waals surface area contributed by atoms with Gasteiger partial charge in [-0.25, -0.2) is 0 Å². The van der Waals surface area contributed by atoms with Gasteiger partial charge in [-0.2, -0.15) is 0 Å². The molecule has 2 aliphatic heterocycles. The molecule has 0 N–H and O–H groups in total. The zero-order chi connectivity index (χ0) is 16.5. The van der Waals surface area contributed by atoms with Crippen LogP contribution >= 0.6 is 23.5 Å². The summed E-state index contributed by atoms with van der Waals surface area (Å²) >= 11 is 3.50. The number of esters is 1. The number of hydrogen-bond acceptors (Lipinski definition) is 7. The van der Waals surface area contributed by atoms with Gasteiger partial charge in [0.25, 0.3) is 0 Å². The summed E-state index contributed by atoms with van der Waals surface area (Å²) in [6.45, 7) is 0.296. The minimum Gasteiger partial charge on any atom is -0.469 e. The molecule has 0 aromatic heterocycles. The molecule has 2 heterocycles. The Hall–Kier alpha value is -0.530. The van der Waals surface area contributed by atoms with Crippen molar-refractivity contribution in [3.63, 3.8) is 0 Å². The van der Waals surface area contributed by atoms with Crippen LogP contribution in [0, 0.1) is 11.3 Å². The molecule has 0 spiro atoms. The number of carbonyl (C=O) groups excluding carboxylic acids is 3. The second-order valence-corrected chi connectivity index (χ2v) is 9.57. The standard InChI is InChI=1S/C16H22O5S2/c1-20-14(19)15-4-3-11(18)9-12(15)13(21-10-15)16(5-6-17)22-7-2-8-23-16/h6,12-13H,2-5,7-10H2,1H3/t12-,13+,15-/m0/s1. The predicted molar refractivity (Wildman–Crippen MR) is 89.5 cm³/mol. The number of hydrogen-bond donors (Lipinski definition) is 0. The molecular formula is C16H22O5S2. The van der Waals surface area contributed by atoms with Gasteiger partial charge in [0.2, 0.25) is 0 Å². The predicted octanol–water partition coefficient (Wildman–Crippen LogP) is 2.07. The Balaban J connectivity index is 1.94. The molecule has 3 fully saturated rings. The Morgan fingerprint density at radius 1 is 1.43 bits per heavy atom. The van der Waals surface area contributed by atoms with Gasteiger partial charge in [0.05, 0.1) is 29.3 Å². The van der Waals surface area contributed by atoms with Crippen LogP contribution in [0.5, 0.6) is 0 Å². The van der Waals surface area contributed by atoms with Gasteiger partial charge in [-0.15, -0.1) is 23.5 Å². The molecule has 128 valence electrons. The Morgan fingerprint density at radius 2 is 2.17 bits per heavy atom. The largest absolute Gasteiger partial charge is 0.469 e. The second-order valence-electron chi connectivity index (χ2n) is 6.46. The number of thioether (sulfide) groups is 2. The highest BCUT2D eigenvalue weighted by Crippen LogP contribution is 2.58. The van der Waals surface area contributed by atoms with E-state index in [0.717, 1.165) is 24.2 Å². The number of aldehydes is 1. The van der Waals surface area contributed by atoms with Crippen LogP contribution in [0.1, 0.15) is 32.1 Å². The van der Waals surface area contributed by atoms with E-state index in [0.29, 0.717) is 32.3 Å². The summed E-state index contributed by atoms with van der Waals surface area (Å²) in [4.78, 5) is 35.8. The lowest BCUT2D eigenvalue weighted by molar-refractivity contribution is -0.158. The second kappa shape index (κ2) is 6.76. The molecule has 0 amide bonds. The Kier molecular flexibility index (Phi) is 5.09. The van der Waals surface area contributed by atoms with Crippen LogP contribution in [0.2, 0.25) is 0 Å². The van der Waals surface area contributed by atoms with E-state index in [4.69, 9.17) is 9.47 Å². The van der Waals surface area contributed by atoms with Crippen molar-refractivity contribution >= 4 is 41.6 Å². The SMILES string of the molecule is COC(=O)[C@]12CCC(=O)C[C@H]1[C@H](C1(CC=O)SCCCS1)OC2. The fourth-order valence-corrected chi connectivity index (χ4v) is 7.52. The molecular weight excluding hydrogens is 336 g/mol. The Bertz CT molecular complexity index is 503. The number of ketones is 1.